The zero-order valence-corrected chi connectivity index (χ0v) is 13.3. The van der Waals surface area contributed by atoms with Gasteiger partial charge in [-0.25, -0.2) is 4.98 Å². The maximum absolute atomic E-state index is 12.4. The lowest BCUT2D eigenvalue weighted by Crippen LogP contribution is -2.18. The van der Waals surface area contributed by atoms with Crippen molar-refractivity contribution < 1.29 is 4.79 Å². The van der Waals surface area contributed by atoms with Crippen molar-refractivity contribution in [3.05, 3.63) is 58.4 Å². The fourth-order valence-electron chi connectivity index (χ4n) is 2.29. The number of aromatic amines is 1. The normalized spacial score (nSPS) is 10.6. The molecule has 3 aromatic heterocycles. The van der Waals surface area contributed by atoms with Crippen molar-refractivity contribution in [3.63, 3.8) is 0 Å². The molecule has 0 spiro atoms. The van der Waals surface area contributed by atoms with E-state index in [1.165, 1.54) is 6.07 Å². The van der Waals surface area contributed by atoms with Gasteiger partial charge < -0.3 is 14.9 Å². The van der Waals surface area contributed by atoms with Gasteiger partial charge in [-0.2, -0.15) is 0 Å². The lowest BCUT2D eigenvalue weighted by molar-refractivity contribution is 0.102. The average Bonchev–Trinajstić information content (AvgIpc) is 3.00. The Balaban J connectivity index is 1.86. The number of pyridine rings is 2. The Morgan fingerprint density at radius 3 is 2.88 bits per heavy atom. The van der Waals surface area contributed by atoms with Crippen LogP contribution in [0.4, 0.5) is 5.82 Å². The van der Waals surface area contributed by atoms with Crippen LogP contribution in [0.15, 0.2) is 41.6 Å². The van der Waals surface area contributed by atoms with Gasteiger partial charge in [0.1, 0.15) is 12.1 Å². The van der Waals surface area contributed by atoms with Gasteiger partial charge in [0, 0.05) is 36.1 Å². The van der Waals surface area contributed by atoms with E-state index in [-0.39, 0.29) is 5.56 Å². The third-order valence-corrected chi connectivity index (χ3v) is 3.51. The number of rotatable bonds is 4. The third kappa shape index (κ3) is 3.22. The van der Waals surface area contributed by atoms with Crippen LogP contribution in [0.2, 0.25) is 0 Å². The number of amides is 1. The quantitative estimate of drug-likeness (QED) is 0.754. The van der Waals surface area contributed by atoms with E-state index in [1.807, 2.05) is 14.0 Å². The second kappa shape index (κ2) is 6.45. The Kier molecular flexibility index (Phi) is 4.19. The van der Waals surface area contributed by atoms with Crippen molar-refractivity contribution in [2.24, 2.45) is 7.05 Å². The van der Waals surface area contributed by atoms with E-state index in [1.54, 1.807) is 35.3 Å². The topological polar surface area (TPSA) is 106 Å². The van der Waals surface area contributed by atoms with E-state index in [0.29, 0.717) is 29.3 Å². The lowest BCUT2D eigenvalue weighted by Gasteiger charge is -2.07. The number of carbonyl (C=O) groups is 1. The maximum Gasteiger partial charge on any atom is 0.257 e. The zero-order chi connectivity index (χ0) is 17.1. The summed E-state index contributed by atoms with van der Waals surface area (Å²) in [6, 6.07) is 6.40. The number of aromatic nitrogens is 5. The molecule has 2 N–H and O–H groups in total. The molecular weight excluding hydrogens is 308 g/mol. The van der Waals surface area contributed by atoms with E-state index in [4.69, 9.17) is 0 Å². The Bertz CT molecular complexity index is 943. The molecule has 0 aliphatic carbocycles. The van der Waals surface area contributed by atoms with Crippen molar-refractivity contribution in [1.82, 2.24) is 24.7 Å². The van der Waals surface area contributed by atoms with Crippen molar-refractivity contribution in [2.75, 3.05) is 5.32 Å². The highest BCUT2D eigenvalue weighted by Crippen LogP contribution is 2.18. The summed E-state index contributed by atoms with van der Waals surface area (Å²) in [7, 11) is 1.83. The van der Waals surface area contributed by atoms with Crippen LogP contribution in [-0.4, -0.2) is 30.6 Å². The van der Waals surface area contributed by atoms with Crippen molar-refractivity contribution >= 4 is 11.7 Å². The van der Waals surface area contributed by atoms with Crippen LogP contribution in [0, 0.1) is 0 Å². The number of hydrogen-bond donors (Lipinski definition) is 2. The number of H-pyrrole nitrogens is 1. The van der Waals surface area contributed by atoms with Crippen molar-refractivity contribution in [1.29, 1.82) is 0 Å². The summed E-state index contributed by atoms with van der Waals surface area (Å²) in [6.07, 6.45) is 3.81. The number of nitrogens with one attached hydrogen (secondary N) is 2. The summed E-state index contributed by atoms with van der Waals surface area (Å²) in [5.41, 5.74) is 1.47. The molecule has 24 heavy (non-hydrogen) atoms. The van der Waals surface area contributed by atoms with Crippen molar-refractivity contribution in [3.8, 4) is 11.4 Å². The molecule has 0 atom stereocenters. The number of anilines is 1. The Hall–Kier alpha value is -3.29. The van der Waals surface area contributed by atoms with Gasteiger partial charge in [0.05, 0.1) is 0 Å². The smallest absolute Gasteiger partial charge is 0.257 e. The summed E-state index contributed by atoms with van der Waals surface area (Å²) in [5.74, 6) is 0.648. The van der Waals surface area contributed by atoms with Gasteiger partial charge in [-0.1, -0.05) is 6.92 Å². The molecule has 1 amide bonds. The monoisotopic (exact) mass is 324 g/mol. The van der Waals surface area contributed by atoms with E-state index >= 15 is 0 Å². The molecular formula is C16H16N6O2. The van der Waals surface area contributed by atoms with Crippen LogP contribution in [0.1, 0.15) is 23.0 Å². The second-order valence-electron chi connectivity index (χ2n) is 5.26. The van der Waals surface area contributed by atoms with Crippen LogP contribution in [0.3, 0.4) is 0 Å². The molecule has 0 unspecified atom stereocenters. The van der Waals surface area contributed by atoms with Crippen LogP contribution < -0.4 is 10.9 Å². The molecule has 8 nitrogen and oxygen atoms in total. The molecule has 0 fully saturated rings. The third-order valence-electron chi connectivity index (χ3n) is 3.51. The fraction of sp³-hybridized carbons (Fsp3) is 0.188. The largest absolute Gasteiger partial charge is 0.326 e. The minimum atomic E-state index is -0.390. The van der Waals surface area contributed by atoms with E-state index in [9.17, 15) is 9.59 Å². The fourth-order valence-corrected chi connectivity index (χ4v) is 2.29. The molecule has 3 aromatic rings. The summed E-state index contributed by atoms with van der Waals surface area (Å²) in [4.78, 5) is 30.8. The highest BCUT2D eigenvalue weighted by Gasteiger charge is 2.11. The Labute approximate surface area is 137 Å². The predicted molar refractivity (Wildman–Crippen MR) is 88.6 cm³/mol. The SMILES string of the molecule is CCc1cc(C(=O)Nc2cc(-c3nncn3C)ccn2)cc(=O)[nH]1. The van der Waals surface area contributed by atoms with Crippen LogP contribution in [0.5, 0.6) is 0 Å². The Morgan fingerprint density at radius 2 is 2.17 bits per heavy atom. The van der Waals surface area contributed by atoms with E-state index in [2.05, 4.69) is 25.5 Å². The van der Waals surface area contributed by atoms with Gasteiger partial charge in [-0.05, 0) is 24.6 Å². The average molecular weight is 324 g/mol. The molecule has 3 heterocycles. The summed E-state index contributed by atoms with van der Waals surface area (Å²) < 4.78 is 1.77. The van der Waals surface area contributed by atoms with E-state index in [0.717, 1.165) is 5.56 Å². The highest BCUT2D eigenvalue weighted by molar-refractivity contribution is 6.03. The number of aryl methyl sites for hydroxylation is 2. The van der Waals surface area contributed by atoms with Gasteiger partial charge >= 0.3 is 0 Å². The van der Waals surface area contributed by atoms with Crippen LogP contribution >= 0.6 is 0 Å². The molecule has 0 bridgehead atoms. The predicted octanol–water partition coefficient (Wildman–Crippen LogP) is 1.38. The Morgan fingerprint density at radius 1 is 1.33 bits per heavy atom. The van der Waals surface area contributed by atoms with Gasteiger partial charge in [-0.3, -0.25) is 9.59 Å². The molecule has 0 aliphatic rings. The number of carbonyl (C=O) groups excluding carboxylic acids is 1. The zero-order valence-electron chi connectivity index (χ0n) is 13.3. The first-order chi connectivity index (χ1) is 11.6. The first kappa shape index (κ1) is 15.6. The number of hydrogen-bond acceptors (Lipinski definition) is 5. The van der Waals surface area contributed by atoms with Gasteiger partial charge in [-0.15, -0.1) is 10.2 Å². The first-order valence-electron chi connectivity index (χ1n) is 7.42. The molecule has 0 saturated carbocycles. The molecule has 0 aromatic carbocycles. The first-order valence-corrected chi connectivity index (χ1v) is 7.42. The summed E-state index contributed by atoms with van der Waals surface area (Å²) >= 11 is 0. The molecule has 3 rings (SSSR count). The minimum Gasteiger partial charge on any atom is -0.326 e. The summed E-state index contributed by atoms with van der Waals surface area (Å²) in [5, 5.41) is 10.6. The maximum atomic E-state index is 12.4. The van der Waals surface area contributed by atoms with E-state index < -0.39 is 5.91 Å². The molecule has 0 radical (unpaired) electrons. The second-order valence-corrected chi connectivity index (χ2v) is 5.26. The lowest BCUT2D eigenvalue weighted by atomic mass is 10.2. The van der Waals surface area contributed by atoms with Gasteiger partial charge in [0.2, 0.25) is 5.56 Å². The van der Waals surface area contributed by atoms with Crippen LogP contribution in [0.25, 0.3) is 11.4 Å². The van der Waals surface area contributed by atoms with Gasteiger partial charge in [0.15, 0.2) is 5.82 Å². The highest BCUT2D eigenvalue weighted by atomic mass is 16.2. The molecule has 0 saturated heterocycles. The van der Waals surface area contributed by atoms with Gasteiger partial charge in [0.25, 0.3) is 5.91 Å². The summed E-state index contributed by atoms with van der Waals surface area (Å²) in [6.45, 7) is 1.90. The number of nitrogens with zero attached hydrogens (tertiary/aromatic N) is 4. The molecule has 0 aliphatic heterocycles. The molecule has 8 heteroatoms. The minimum absolute atomic E-state index is 0.293. The van der Waals surface area contributed by atoms with Crippen molar-refractivity contribution in [2.45, 2.75) is 13.3 Å². The van der Waals surface area contributed by atoms with Crippen LogP contribution in [-0.2, 0) is 13.5 Å². The molecule has 122 valence electrons. The standard InChI is InChI=1S/C16H16N6O2/c1-3-12-6-11(8-14(23)19-12)16(24)20-13-7-10(4-5-17-13)15-21-18-9-22(15)2/h4-9H,3H2,1-2H3,(H,19,23)(H,17,20,24).